The highest BCUT2D eigenvalue weighted by Gasteiger charge is 2.38. The Morgan fingerprint density at radius 3 is 2.73 bits per heavy atom. The van der Waals surface area contributed by atoms with E-state index in [0.717, 1.165) is 32.5 Å². The molecule has 2 N–H and O–H groups in total. The summed E-state index contributed by atoms with van der Waals surface area (Å²) in [5, 5.41) is 12.2. The standard InChI is InChI=1S/C11H22N2O2/c1-3-6-13(7-8-14)10(15)11(2)4-5-12-9-11/h12,14H,3-9H2,1-2H3. The van der Waals surface area contributed by atoms with Gasteiger partial charge in [-0.25, -0.2) is 0 Å². The highest BCUT2D eigenvalue weighted by Crippen LogP contribution is 2.27. The molecule has 1 heterocycles. The van der Waals surface area contributed by atoms with E-state index in [1.807, 2.05) is 13.8 Å². The van der Waals surface area contributed by atoms with Crippen LogP contribution >= 0.6 is 0 Å². The quantitative estimate of drug-likeness (QED) is 0.688. The third-order valence-electron chi connectivity index (χ3n) is 3.04. The van der Waals surface area contributed by atoms with Gasteiger partial charge in [0.2, 0.25) is 5.91 Å². The lowest BCUT2D eigenvalue weighted by Gasteiger charge is -2.30. The van der Waals surface area contributed by atoms with Crippen LogP contribution in [-0.4, -0.2) is 48.7 Å². The maximum absolute atomic E-state index is 12.2. The zero-order chi connectivity index (χ0) is 11.3. The lowest BCUT2D eigenvalue weighted by Crippen LogP contribution is -2.45. The maximum Gasteiger partial charge on any atom is 0.229 e. The molecule has 0 aromatic heterocycles. The van der Waals surface area contributed by atoms with Crippen molar-refractivity contribution in [3.63, 3.8) is 0 Å². The first-order valence-electron chi connectivity index (χ1n) is 5.75. The predicted octanol–water partition coefficient (Wildman–Crippen LogP) is 0.217. The summed E-state index contributed by atoms with van der Waals surface area (Å²) >= 11 is 0. The number of carbonyl (C=O) groups excluding carboxylic acids is 1. The van der Waals surface area contributed by atoms with Gasteiger partial charge in [-0.15, -0.1) is 0 Å². The molecule has 88 valence electrons. The molecule has 0 aromatic rings. The van der Waals surface area contributed by atoms with Crippen LogP contribution in [-0.2, 0) is 4.79 Å². The molecule has 4 nitrogen and oxygen atoms in total. The molecular weight excluding hydrogens is 192 g/mol. The highest BCUT2D eigenvalue weighted by atomic mass is 16.3. The molecule has 1 aliphatic heterocycles. The normalized spacial score (nSPS) is 25.5. The summed E-state index contributed by atoms with van der Waals surface area (Å²) in [5.41, 5.74) is -0.260. The van der Waals surface area contributed by atoms with Crippen LogP contribution in [0.15, 0.2) is 0 Å². The average molecular weight is 214 g/mol. The van der Waals surface area contributed by atoms with Crippen molar-refractivity contribution in [3.05, 3.63) is 0 Å². The van der Waals surface area contributed by atoms with Crippen molar-refractivity contribution >= 4 is 5.91 Å². The zero-order valence-corrected chi connectivity index (χ0v) is 9.75. The van der Waals surface area contributed by atoms with E-state index < -0.39 is 0 Å². The van der Waals surface area contributed by atoms with Crippen LogP contribution in [0.4, 0.5) is 0 Å². The summed E-state index contributed by atoms with van der Waals surface area (Å²) in [6.45, 7) is 6.99. The van der Waals surface area contributed by atoms with Crippen LogP contribution in [0.3, 0.4) is 0 Å². The van der Waals surface area contributed by atoms with E-state index in [0.29, 0.717) is 6.54 Å². The smallest absolute Gasteiger partial charge is 0.229 e. The van der Waals surface area contributed by atoms with Crippen molar-refractivity contribution in [2.24, 2.45) is 5.41 Å². The molecule has 4 heteroatoms. The molecule has 0 saturated carbocycles. The minimum Gasteiger partial charge on any atom is -0.395 e. The van der Waals surface area contributed by atoms with E-state index in [9.17, 15) is 4.79 Å². The third kappa shape index (κ3) is 2.92. The van der Waals surface area contributed by atoms with Crippen molar-refractivity contribution in [1.29, 1.82) is 0 Å². The monoisotopic (exact) mass is 214 g/mol. The first-order chi connectivity index (χ1) is 7.14. The summed E-state index contributed by atoms with van der Waals surface area (Å²) in [5.74, 6) is 0.184. The van der Waals surface area contributed by atoms with Gasteiger partial charge in [-0.05, 0) is 26.3 Å². The van der Waals surface area contributed by atoms with Crippen molar-refractivity contribution in [3.8, 4) is 0 Å². The summed E-state index contributed by atoms with van der Waals surface area (Å²) < 4.78 is 0. The average Bonchev–Trinajstić information content (AvgIpc) is 2.65. The number of amides is 1. The highest BCUT2D eigenvalue weighted by molar-refractivity contribution is 5.83. The number of nitrogens with one attached hydrogen (secondary N) is 1. The molecule has 1 fully saturated rings. The number of nitrogens with zero attached hydrogens (tertiary/aromatic N) is 1. The molecule has 0 aliphatic carbocycles. The van der Waals surface area contributed by atoms with E-state index in [4.69, 9.17) is 5.11 Å². The summed E-state index contributed by atoms with van der Waals surface area (Å²) in [6, 6.07) is 0. The largest absolute Gasteiger partial charge is 0.395 e. The molecular formula is C11H22N2O2. The second-order valence-electron chi connectivity index (χ2n) is 4.50. The lowest BCUT2D eigenvalue weighted by molar-refractivity contribution is -0.140. The summed E-state index contributed by atoms with van der Waals surface area (Å²) in [6.07, 6.45) is 1.84. The second kappa shape index (κ2) is 5.47. The van der Waals surface area contributed by atoms with E-state index in [1.54, 1.807) is 4.90 Å². The van der Waals surface area contributed by atoms with E-state index in [2.05, 4.69) is 5.32 Å². The lowest BCUT2D eigenvalue weighted by atomic mass is 9.88. The van der Waals surface area contributed by atoms with Gasteiger partial charge in [-0.3, -0.25) is 4.79 Å². The van der Waals surface area contributed by atoms with Gasteiger partial charge < -0.3 is 15.3 Å². The molecule has 0 spiro atoms. The second-order valence-corrected chi connectivity index (χ2v) is 4.50. The first kappa shape index (κ1) is 12.5. The van der Waals surface area contributed by atoms with Gasteiger partial charge in [0, 0.05) is 19.6 Å². The number of hydrogen-bond acceptors (Lipinski definition) is 3. The van der Waals surface area contributed by atoms with Gasteiger partial charge in [-0.2, -0.15) is 0 Å². The Morgan fingerprint density at radius 2 is 2.27 bits per heavy atom. The van der Waals surface area contributed by atoms with Crippen molar-refractivity contribution in [1.82, 2.24) is 10.2 Å². The van der Waals surface area contributed by atoms with Crippen molar-refractivity contribution in [2.75, 3.05) is 32.8 Å². The maximum atomic E-state index is 12.2. The fraction of sp³-hybridized carbons (Fsp3) is 0.909. The number of aliphatic hydroxyl groups excluding tert-OH is 1. The fourth-order valence-corrected chi connectivity index (χ4v) is 2.09. The first-order valence-corrected chi connectivity index (χ1v) is 5.75. The van der Waals surface area contributed by atoms with Gasteiger partial charge >= 0.3 is 0 Å². The number of carbonyl (C=O) groups is 1. The van der Waals surface area contributed by atoms with Crippen LogP contribution in [0.2, 0.25) is 0 Å². The minimum atomic E-state index is -0.260. The van der Waals surface area contributed by atoms with E-state index in [1.165, 1.54) is 0 Å². The Hall–Kier alpha value is -0.610. The van der Waals surface area contributed by atoms with Gasteiger partial charge in [0.25, 0.3) is 0 Å². The summed E-state index contributed by atoms with van der Waals surface area (Å²) in [4.78, 5) is 14.0. The van der Waals surface area contributed by atoms with Crippen molar-refractivity contribution < 1.29 is 9.90 Å². The molecule has 1 rings (SSSR count). The molecule has 0 aromatic carbocycles. The van der Waals surface area contributed by atoms with Gasteiger partial charge in [0.1, 0.15) is 0 Å². The van der Waals surface area contributed by atoms with Crippen LogP contribution in [0.25, 0.3) is 0 Å². The van der Waals surface area contributed by atoms with Crippen LogP contribution in [0.5, 0.6) is 0 Å². The van der Waals surface area contributed by atoms with Crippen LogP contribution in [0.1, 0.15) is 26.7 Å². The van der Waals surface area contributed by atoms with Gasteiger partial charge in [-0.1, -0.05) is 6.92 Å². The minimum absolute atomic E-state index is 0.0508. The molecule has 1 aliphatic rings. The molecule has 1 amide bonds. The summed E-state index contributed by atoms with van der Waals surface area (Å²) in [7, 11) is 0. The van der Waals surface area contributed by atoms with Crippen LogP contribution < -0.4 is 5.32 Å². The van der Waals surface area contributed by atoms with Gasteiger partial charge in [0.05, 0.1) is 12.0 Å². The predicted molar refractivity (Wildman–Crippen MR) is 59.6 cm³/mol. The Bertz CT molecular complexity index is 207. The number of aliphatic hydroxyl groups is 1. The molecule has 0 bridgehead atoms. The SMILES string of the molecule is CCCN(CCO)C(=O)C1(C)CCNC1. The van der Waals surface area contributed by atoms with E-state index >= 15 is 0 Å². The van der Waals surface area contributed by atoms with Crippen LogP contribution in [0, 0.1) is 5.41 Å². The molecule has 15 heavy (non-hydrogen) atoms. The molecule has 1 atom stereocenters. The molecule has 1 unspecified atom stereocenters. The zero-order valence-electron chi connectivity index (χ0n) is 9.75. The Balaban J connectivity index is 2.61. The topological polar surface area (TPSA) is 52.6 Å². The number of hydrogen-bond donors (Lipinski definition) is 2. The molecule has 1 saturated heterocycles. The molecule has 0 radical (unpaired) electrons. The third-order valence-corrected chi connectivity index (χ3v) is 3.04. The Kier molecular flexibility index (Phi) is 4.54. The van der Waals surface area contributed by atoms with E-state index in [-0.39, 0.29) is 17.9 Å². The van der Waals surface area contributed by atoms with Crippen molar-refractivity contribution in [2.45, 2.75) is 26.7 Å². The number of rotatable bonds is 5. The fourth-order valence-electron chi connectivity index (χ4n) is 2.09. The Labute approximate surface area is 91.6 Å². The Morgan fingerprint density at radius 1 is 1.53 bits per heavy atom. The van der Waals surface area contributed by atoms with Gasteiger partial charge in [0.15, 0.2) is 0 Å².